The van der Waals surface area contributed by atoms with Gasteiger partial charge in [0.25, 0.3) is 0 Å². The normalized spacial score (nSPS) is 10.2. The molecule has 0 aromatic heterocycles. The van der Waals surface area contributed by atoms with Crippen LogP contribution in [0.25, 0.3) is 0 Å². The average molecular weight is 384 g/mol. The van der Waals surface area contributed by atoms with Gasteiger partial charge in [0.2, 0.25) is 0 Å². The molecule has 0 unspecified atom stereocenters. The van der Waals surface area contributed by atoms with E-state index in [-0.39, 0.29) is 0 Å². The van der Waals surface area contributed by atoms with Gasteiger partial charge in [-0.15, -0.1) is 0 Å². The molecule has 0 N–H and O–H groups in total. The molecule has 0 bridgehead atoms. The van der Waals surface area contributed by atoms with E-state index in [0.717, 1.165) is 7.11 Å². The number of rotatable bonds is 10. The van der Waals surface area contributed by atoms with E-state index < -0.39 is 28.4 Å². The monoisotopic (exact) mass is 385 g/mol. The van der Waals surface area contributed by atoms with Crippen LogP contribution < -0.4 is 9.79 Å². The summed E-state index contributed by atoms with van der Waals surface area (Å²) in [6, 6.07) is 0. The van der Waals surface area contributed by atoms with Crippen molar-refractivity contribution in [1.82, 2.24) is 0 Å². The minimum Gasteiger partial charge on any atom is -0.820 e. The van der Waals surface area contributed by atoms with Crippen LogP contribution >= 0.6 is 8.60 Å². The Morgan fingerprint density at radius 1 is 0.833 bits per heavy atom. The van der Waals surface area contributed by atoms with Crippen LogP contribution in [0.4, 0.5) is 0 Å². The van der Waals surface area contributed by atoms with Crippen molar-refractivity contribution < 1.29 is 14.3 Å². The Morgan fingerprint density at radius 3 is 1.28 bits per heavy atom. The van der Waals surface area contributed by atoms with Crippen molar-refractivity contribution >= 4 is 28.4 Å². The first-order chi connectivity index (χ1) is 8.62. The molecule has 0 saturated heterocycles. The van der Waals surface area contributed by atoms with Gasteiger partial charge in [-0.3, -0.25) is 0 Å². The van der Waals surface area contributed by atoms with Crippen LogP contribution in [0.5, 0.6) is 0 Å². The van der Waals surface area contributed by atoms with Crippen molar-refractivity contribution in [2.24, 2.45) is 0 Å². The summed E-state index contributed by atoms with van der Waals surface area (Å²) in [5, 5.41) is 0. The molecular formula is C13H30O3PSn-. The van der Waals surface area contributed by atoms with Gasteiger partial charge in [0, 0.05) is 7.11 Å². The van der Waals surface area contributed by atoms with Crippen LogP contribution in [0.3, 0.4) is 0 Å². The van der Waals surface area contributed by atoms with E-state index in [0.29, 0.717) is 0 Å². The minimum atomic E-state index is -2.60. The number of hydrogen-bond acceptors (Lipinski definition) is 3. The summed E-state index contributed by atoms with van der Waals surface area (Å²) < 4.78 is 8.74. The van der Waals surface area contributed by atoms with Gasteiger partial charge >= 0.3 is 92.4 Å². The van der Waals surface area contributed by atoms with Crippen LogP contribution in [0.2, 0.25) is 13.3 Å². The molecule has 0 aliphatic rings. The molecular weight excluding hydrogens is 354 g/mol. The molecule has 0 aromatic carbocycles. The third-order valence-corrected chi connectivity index (χ3v) is 12.2. The first-order valence-electron chi connectivity index (χ1n) is 7.14. The van der Waals surface area contributed by atoms with E-state index in [2.05, 4.69) is 25.3 Å². The molecule has 0 aliphatic carbocycles. The standard InChI is InChI=1S/3C4H9.CH3O3P.Sn/c3*1-3-4-2;1-4-5(2)3;/h3*1,3-4H2,2H3;1H3;/q;;;-2;+1. The Hall–Kier alpha value is 1.11. The second-order valence-corrected chi connectivity index (χ2v) is 13.8. The molecule has 0 saturated carbocycles. The van der Waals surface area contributed by atoms with Gasteiger partial charge in [-0.2, -0.15) is 8.60 Å². The summed E-state index contributed by atoms with van der Waals surface area (Å²) in [5.74, 6) is 0. The summed E-state index contributed by atoms with van der Waals surface area (Å²) in [4.78, 5) is 18.4. The molecule has 0 aliphatic heterocycles. The molecule has 0 aromatic rings. The summed E-state index contributed by atoms with van der Waals surface area (Å²) in [6.45, 7) is 7.00. The van der Waals surface area contributed by atoms with Gasteiger partial charge in [-0.1, -0.05) is 0 Å². The molecule has 0 amide bonds. The van der Waals surface area contributed by atoms with Crippen molar-refractivity contribution in [1.29, 1.82) is 0 Å². The van der Waals surface area contributed by atoms with Crippen LogP contribution in [0, 0.1) is 0 Å². The quantitative estimate of drug-likeness (QED) is 0.428. The SMILES string of the molecule is CCC[CH2][Sn+]([CH2]CCC)[CH2]CCC.COP([O-])[O-]. The fourth-order valence-corrected chi connectivity index (χ4v) is 11.1. The smallest absolute Gasteiger partial charge is 0.0365 e. The molecule has 110 valence electrons. The molecule has 3 nitrogen and oxygen atoms in total. The summed E-state index contributed by atoms with van der Waals surface area (Å²) in [5.41, 5.74) is 0. The minimum absolute atomic E-state index is 0.839. The van der Waals surface area contributed by atoms with Gasteiger partial charge in [0.05, 0.1) is 0 Å². The molecule has 18 heavy (non-hydrogen) atoms. The summed E-state index contributed by atoms with van der Waals surface area (Å²) in [6.07, 6.45) is 8.85. The van der Waals surface area contributed by atoms with Gasteiger partial charge < -0.3 is 14.3 Å². The van der Waals surface area contributed by atoms with Crippen LogP contribution in [-0.2, 0) is 4.52 Å². The van der Waals surface area contributed by atoms with Gasteiger partial charge in [-0.05, 0) is 0 Å². The largest absolute Gasteiger partial charge is 0.820 e. The second-order valence-electron chi connectivity index (χ2n) is 4.47. The predicted molar refractivity (Wildman–Crippen MR) is 78.8 cm³/mol. The maximum Gasteiger partial charge on any atom is 0.0365 e. The van der Waals surface area contributed by atoms with Crippen molar-refractivity contribution in [3.8, 4) is 0 Å². The first-order valence-corrected chi connectivity index (χ1v) is 14.3. The van der Waals surface area contributed by atoms with Crippen molar-refractivity contribution in [3.05, 3.63) is 0 Å². The fourth-order valence-electron chi connectivity index (χ4n) is 1.66. The zero-order chi connectivity index (χ0) is 14.2. The molecule has 0 spiro atoms. The van der Waals surface area contributed by atoms with Crippen LogP contribution in [-0.4, -0.2) is 26.9 Å². The molecule has 0 heterocycles. The maximum atomic E-state index is 9.18. The Bertz CT molecular complexity index is 129. The first kappa shape index (κ1) is 21.4. The van der Waals surface area contributed by atoms with E-state index in [1.807, 2.05) is 0 Å². The van der Waals surface area contributed by atoms with E-state index in [1.165, 1.54) is 38.5 Å². The molecule has 0 fully saturated rings. The number of hydrogen-bond donors (Lipinski definition) is 0. The number of unbranched alkanes of at least 4 members (excludes halogenated alkanes) is 3. The van der Waals surface area contributed by atoms with Gasteiger partial charge in [0.15, 0.2) is 0 Å². The van der Waals surface area contributed by atoms with Crippen LogP contribution in [0.1, 0.15) is 59.3 Å². The average Bonchev–Trinajstić information content (AvgIpc) is 2.38. The maximum absolute atomic E-state index is 9.18. The molecule has 0 radical (unpaired) electrons. The third-order valence-electron chi connectivity index (χ3n) is 2.80. The summed E-state index contributed by atoms with van der Waals surface area (Å²) >= 11 is -0.839. The van der Waals surface area contributed by atoms with E-state index in [9.17, 15) is 9.79 Å². The fraction of sp³-hybridized carbons (Fsp3) is 1.00. The molecule has 0 atom stereocenters. The second kappa shape index (κ2) is 18.1. The van der Waals surface area contributed by atoms with E-state index >= 15 is 0 Å². The Balaban J connectivity index is 0. The van der Waals surface area contributed by atoms with Crippen LogP contribution in [0.15, 0.2) is 0 Å². The zero-order valence-corrected chi connectivity index (χ0v) is 16.3. The summed E-state index contributed by atoms with van der Waals surface area (Å²) in [7, 11) is -1.50. The predicted octanol–water partition coefficient (Wildman–Crippen LogP) is 3.46. The van der Waals surface area contributed by atoms with Crippen molar-refractivity contribution in [2.45, 2.75) is 72.6 Å². The third kappa shape index (κ3) is 19.4. The Morgan fingerprint density at radius 2 is 1.11 bits per heavy atom. The Labute approximate surface area is 122 Å². The van der Waals surface area contributed by atoms with E-state index in [1.54, 1.807) is 13.3 Å². The van der Waals surface area contributed by atoms with Crippen molar-refractivity contribution in [3.63, 3.8) is 0 Å². The van der Waals surface area contributed by atoms with Gasteiger partial charge in [0.1, 0.15) is 0 Å². The van der Waals surface area contributed by atoms with Gasteiger partial charge in [-0.25, -0.2) is 0 Å². The Kier molecular flexibility index (Phi) is 21.5. The van der Waals surface area contributed by atoms with E-state index in [4.69, 9.17) is 0 Å². The van der Waals surface area contributed by atoms with Crippen molar-refractivity contribution in [2.75, 3.05) is 7.11 Å². The topological polar surface area (TPSA) is 55.3 Å². The molecule has 0 rings (SSSR count). The molecule has 5 heteroatoms. The zero-order valence-electron chi connectivity index (χ0n) is 12.5.